The van der Waals surface area contributed by atoms with Crippen molar-refractivity contribution >= 4 is 23.4 Å². The van der Waals surface area contributed by atoms with Crippen LogP contribution in [0.4, 0.5) is 14.5 Å². The van der Waals surface area contributed by atoms with E-state index in [1.54, 1.807) is 6.92 Å². The Labute approximate surface area is 114 Å². The van der Waals surface area contributed by atoms with E-state index in [0.717, 1.165) is 0 Å². The molecule has 1 rings (SSSR count). The first-order valence-corrected chi connectivity index (χ1v) is 6.66. The van der Waals surface area contributed by atoms with Crippen LogP contribution in [0, 0.1) is 0 Å². The third-order valence-electron chi connectivity index (χ3n) is 2.18. The van der Waals surface area contributed by atoms with E-state index in [4.69, 9.17) is 5.11 Å². The van der Waals surface area contributed by atoms with Crippen molar-refractivity contribution in [1.29, 1.82) is 0 Å². The molecule has 1 atom stereocenters. The molecule has 0 heterocycles. The summed E-state index contributed by atoms with van der Waals surface area (Å²) in [5.74, 6) is 0.312. The van der Waals surface area contributed by atoms with Gasteiger partial charge >= 0.3 is 6.61 Å². The fourth-order valence-corrected chi connectivity index (χ4v) is 1.94. The Morgan fingerprint density at radius 2 is 2.05 bits per heavy atom. The Morgan fingerprint density at radius 1 is 1.42 bits per heavy atom. The molecule has 0 spiro atoms. The topological polar surface area (TPSA) is 58.6 Å². The fraction of sp³-hybridized carbons (Fsp3) is 0.417. The largest absolute Gasteiger partial charge is 0.435 e. The average Bonchev–Trinajstić information content (AvgIpc) is 2.37. The van der Waals surface area contributed by atoms with Gasteiger partial charge in [0, 0.05) is 11.4 Å². The fourth-order valence-electron chi connectivity index (χ4n) is 1.27. The van der Waals surface area contributed by atoms with Gasteiger partial charge in [0.1, 0.15) is 5.75 Å². The molecule has 0 saturated heterocycles. The van der Waals surface area contributed by atoms with Crippen molar-refractivity contribution in [3.63, 3.8) is 0 Å². The number of hydrogen-bond donors (Lipinski definition) is 2. The van der Waals surface area contributed by atoms with Gasteiger partial charge in [-0.15, -0.1) is 11.8 Å². The first-order valence-electron chi connectivity index (χ1n) is 5.61. The number of aliphatic hydroxyl groups is 1. The molecule has 7 heteroatoms. The Morgan fingerprint density at radius 3 is 2.58 bits per heavy atom. The summed E-state index contributed by atoms with van der Waals surface area (Å²) >= 11 is 1.33. The molecule has 0 saturated carbocycles. The molecule has 0 aliphatic rings. The summed E-state index contributed by atoms with van der Waals surface area (Å²) in [6, 6.07) is 5.68. The number of amides is 1. The van der Waals surface area contributed by atoms with Crippen LogP contribution >= 0.6 is 11.8 Å². The normalized spacial score (nSPS) is 12.3. The summed E-state index contributed by atoms with van der Waals surface area (Å²) in [5.41, 5.74) is 0.503. The first-order chi connectivity index (χ1) is 9.02. The first kappa shape index (κ1) is 15.7. The molecule has 1 amide bonds. The number of thioether (sulfide) groups is 1. The highest BCUT2D eigenvalue weighted by Crippen LogP contribution is 2.19. The van der Waals surface area contributed by atoms with Crippen LogP contribution in [0.15, 0.2) is 24.3 Å². The second-order valence-electron chi connectivity index (χ2n) is 3.63. The van der Waals surface area contributed by atoms with Crippen LogP contribution in [0.5, 0.6) is 5.75 Å². The number of hydrogen-bond acceptors (Lipinski definition) is 4. The molecule has 0 fully saturated rings. The zero-order chi connectivity index (χ0) is 14.3. The predicted molar refractivity (Wildman–Crippen MR) is 70.7 cm³/mol. The summed E-state index contributed by atoms with van der Waals surface area (Å²) in [6.45, 7) is -1.12. The van der Waals surface area contributed by atoms with Crippen molar-refractivity contribution in [2.45, 2.75) is 18.8 Å². The number of halogens is 2. The van der Waals surface area contributed by atoms with Crippen LogP contribution in [0.1, 0.15) is 6.92 Å². The predicted octanol–water partition coefficient (Wildman–Crippen LogP) is 2.34. The van der Waals surface area contributed by atoms with E-state index in [1.165, 1.54) is 36.0 Å². The number of ether oxygens (including phenoxy) is 1. The van der Waals surface area contributed by atoms with Gasteiger partial charge in [-0.25, -0.2) is 0 Å². The quantitative estimate of drug-likeness (QED) is 0.809. The monoisotopic (exact) mass is 291 g/mol. The third kappa shape index (κ3) is 5.89. The van der Waals surface area contributed by atoms with Gasteiger partial charge in [-0.05, 0) is 31.2 Å². The molecule has 1 aromatic rings. The SMILES string of the molecule is CC(SCCO)C(=O)Nc1ccc(OC(F)F)cc1. The lowest BCUT2D eigenvalue weighted by molar-refractivity contribution is -0.115. The van der Waals surface area contributed by atoms with Gasteiger partial charge < -0.3 is 15.2 Å². The second-order valence-corrected chi connectivity index (χ2v) is 5.08. The molecular formula is C12H15F2NO3S. The Kier molecular flexibility index (Phi) is 6.58. The van der Waals surface area contributed by atoms with Crippen LogP contribution < -0.4 is 10.1 Å². The smallest absolute Gasteiger partial charge is 0.387 e. The lowest BCUT2D eigenvalue weighted by Gasteiger charge is -2.11. The van der Waals surface area contributed by atoms with E-state index in [-0.39, 0.29) is 23.5 Å². The van der Waals surface area contributed by atoms with Crippen LogP contribution in [0.2, 0.25) is 0 Å². The summed E-state index contributed by atoms with van der Waals surface area (Å²) < 4.78 is 28.1. The molecule has 2 N–H and O–H groups in total. The molecule has 19 heavy (non-hydrogen) atoms. The second kappa shape index (κ2) is 7.96. The van der Waals surface area contributed by atoms with Crippen LogP contribution in [-0.4, -0.2) is 35.2 Å². The minimum Gasteiger partial charge on any atom is -0.435 e. The molecular weight excluding hydrogens is 276 g/mol. The summed E-state index contributed by atoms with van der Waals surface area (Å²) in [5, 5.41) is 11.0. The maximum absolute atomic E-state index is 11.9. The van der Waals surface area contributed by atoms with Gasteiger partial charge in [-0.3, -0.25) is 4.79 Å². The van der Waals surface area contributed by atoms with E-state index in [9.17, 15) is 13.6 Å². The Bertz CT molecular complexity index is 400. The number of rotatable bonds is 7. The molecule has 0 aliphatic heterocycles. The maximum Gasteiger partial charge on any atom is 0.387 e. The summed E-state index contributed by atoms with van der Waals surface area (Å²) in [7, 11) is 0. The van der Waals surface area contributed by atoms with Crippen molar-refractivity contribution < 1.29 is 23.4 Å². The van der Waals surface area contributed by atoms with Crippen LogP contribution in [0.3, 0.4) is 0 Å². The van der Waals surface area contributed by atoms with Crippen LogP contribution in [-0.2, 0) is 4.79 Å². The molecule has 106 valence electrons. The third-order valence-corrected chi connectivity index (χ3v) is 3.31. The van der Waals surface area contributed by atoms with E-state index >= 15 is 0 Å². The lowest BCUT2D eigenvalue weighted by Crippen LogP contribution is -2.23. The van der Waals surface area contributed by atoms with Crippen molar-refractivity contribution in [3.8, 4) is 5.75 Å². The number of nitrogens with one attached hydrogen (secondary N) is 1. The highest BCUT2D eigenvalue weighted by Gasteiger charge is 2.13. The highest BCUT2D eigenvalue weighted by atomic mass is 32.2. The van der Waals surface area contributed by atoms with Gasteiger partial charge in [0.15, 0.2) is 0 Å². The summed E-state index contributed by atoms with van der Waals surface area (Å²) in [6.07, 6.45) is 0. The molecule has 0 aliphatic carbocycles. The van der Waals surface area contributed by atoms with E-state index in [1.807, 2.05) is 0 Å². The standard InChI is InChI=1S/C12H15F2NO3S/c1-8(19-7-6-16)11(17)15-9-2-4-10(5-3-9)18-12(13)14/h2-5,8,12,16H,6-7H2,1H3,(H,15,17). The van der Waals surface area contributed by atoms with Gasteiger partial charge in [0.05, 0.1) is 11.9 Å². The van der Waals surface area contributed by atoms with Gasteiger partial charge in [-0.2, -0.15) is 8.78 Å². The van der Waals surface area contributed by atoms with Crippen molar-refractivity contribution in [2.24, 2.45) is 0 Å². The average molecular weight is 291 g/mol. The molecule has 0 aromatic heterocycles. The van der Waals surface area contributed by atoms with Crippen molar-refractivity contribution in [1.82, 2.24) is 0 Å². The van der Waals surface area contributed by atoms with Crippen molar-refractivity contribution in [3.05, 3.63) is 24.3 Å². The van der Waals surface area contributed by atoms with E-state index < -0.39 is 6.61 Å². The minimum atomic E-state index is -2.87. The zero-order valence-corrected chi connectivity index (χ0v) is 11.1. The number of benzene rings is 1. The Balaban J connectivity index is 2.50. The molecule has 4 nitrogen and oxygen atoms in total. The molecule has 1 unspecified atom stereocenters. The van der Waals surface area contributed by atoms with E-state index in [0.29, 0.717) is 11.4 Å². The number of aliphatic hydroxyl groups excluding tert-OH is 1. The summed E-state index contributed by atoms with van der Waals surface area (Å²) in [4.78, 5) is 11.7. The maximum atomic E-state index is 11.9. The highest BCUT2D eigenvalue weighted by molar-refractivity contribution is 8.00. The van der Waals surface area contributed by atoms with Crippen molar-refractivity contribution in [2.75, 3.05) is 17.7 Å². The zero-order valence-electron chi connectivity index (χ0n) is 10.3. The molecule has 0 radical (unpaired) electrons. The lowest BCUT2D eigenvalue weighted by atomic mass is 10.3. The van der Waals surface area contributed by atoms with Gasteiger partial charge in [-0.1, -0.05) is 0 Å². The van der Waals surface area contributed by atoms with Crippen LogP contribution in [0.25, 0.3) is 0 Å². The number of carbonyl (C=O) groups excluding carboxylic acids is 1. The Hall–Kier alpha value is -1.34. The number of carbonyl (C=O) groups is 1. The van der Waals surface area contributed by atoms with Gasteiger partial charge in [0.2, 0.25) is 5.91 Å². The minimum absolute atomic E-state index is 0.0158. The number of anilines is 1. The molecule has 1 aromatic carbocycles. The van der Waals surface area contributed by atoms with E-state index in [2.05, 4.69) is 10.1 Å². The molecule has 0 bridgehead atoms. The van der Waals surface area contributed by atoms with Gasteiger partial charge in [0.25, 0.3) is 0 Å². The number of alkyl halides is 2.